The van der Waals surface area contributed by atoms with E-state index in [1.54, 1.807) is 43.5 Å². The van der Waals surface area contributed by atoms with E-state index >= 15 is 0 Å². The van der Waals surface area contributed by atoms with Gasteiger partial charge in [-0.15, -0.1) is 10.2 Å². The predicted molar refractivity (Wildman–Crippen MR) is 122 cm³/mol. The summed E-state index contributed by atoms with van der Waals surface area (Å²) < 4.78 is 40.0. The van der Waals surface area contributed by atoms with Crippen molar-refractivity contribution in [2.45, 2.75) is 4.90 Å². The van der Waals surface area contributed by atoms with Gasteiger partial charge in [-0.1, -0.05) is 23.7 Å². The first kappa shape index (κ1) is 21.4. The Balaban J connectivity index is 1.69. The molecule has 1 N–H and O–H groups in total. The number of rotatable bonds is 6. The van der Waals surface area contributed by atoms with Gasteiger partial charge in [0.15, 0.2) is 0 Å². The molecule has 1 aromatic heterocycles. The minimum atomic E-state index is -3.84. The lowest BCUT2D eigenvalue weighted by molar-refractivity contribution is 0.414. The van der Waals surface area contributed by atoms with Crippen molar-refractivity contribution < 1.29 is 17.6 Å². The maximum Gasteiger partial charge on any atom is 0.261 e. The third-order valence-electron chi connectivity index (χ3n) is 4.35. The van der Waals surface area contributed by atoms with Crippen LogP contribution < -0.4 is 9.46 Å². The van der Waals surface area contributed by atoms with Gasteiger partial charge in [0, 0.05) is 9.50 Å². The van der Waals surface area contributed by atoms with Gasteiger partial charge in [0.25, 0.3) is 10.0 Å². The molecule has 4 rings (SSSR count). The zero-order valence-electron chi connectivity index (χ0n) is 16.0. The van der Waals surface area contributed by atoms with Crippen LogP contribution in [0, 0.1) is 0 Å². The lowest BCUT2D eigenvalue weighted by Gasteiger charge is -2.11. The maximum absolute atomic E-state index is 12.8. The van der Waals surface area contributed by atoms with Gasteiger partial charge < -0.3 is 9.15 Å². The number of nitrogens with zero attached hydrogens (tertiary/aromatic N) is 2. The molecule has 0 bridgehead atoms. The number of halogens is 2. The first-order valence-corrected chi connectivity index (χ1v) is 11.6. The summed E-state index contributed by atoms with van der Waals surface area (Å²) in [6.45, 7) is 0. The van der Waals surface area contributed by atoms with Crippen LogP contribution in [0.3, 0.4) is 0 Å². The van der Waals surface area contributed by atoms with Crippen molar-refractivity contribution in [1.82, 2.24) is 10.2 Å². The molecule has 0 aliphatic rings. The van der Waals surface area contributed by atoms with Gasteiger partial charge in [-0.2, -0.15) is 0 Å². The molecule has 0 spiro atoms. The van der Waals surface area contributed by atoms with E-state index in [0.29, 0.717) is 27.6 Å². The molecule has 1 heterocycles. The standard InChI is InChI=1S/C21H15BrClN3O4S/c1-29-14-8-11-18(22)17(12-14)21-25-24-20(30-21)16-4-2-3-5-19(16)26-31(27,28)15-9-6-13(23)7-10-15/h2-12,26H,1H3. The van der Waals surface area contributed by atoms with Gasteiger partial charge in [0.2, 0.25) is 11.8 Å². The van der Waals surface area contributed by atoms with Gasteiger partial charge in [0.1, 0.15) is 5.75 Å². The Morgan fingerprint density at radius 1 is 0.968 bits per heavy atom. The van der Waals surface area contributed by atoms with Crippen LogP contribution in [0.15, 0.2) is 80.5 Å². The van der Waals surface area contributed by atoms with Crippen molar-refractivity contribution >= 4 is 43.2 Å². The fourth-order valence-electron chi connectivity index (χ4n) is 2.81. The maximum atomic E-state index is 12.8. The van der Waals surface area contributed by atoms with Crippen LogP contribution in [0.1, 0.15) is 0 Å². The average Bonchev–Trinajstić information content (AvgIpc) is 3.24. The van der Waals surface area contributed by atoms with Gasteiger partial charge in [-0.05, 0) is 70.5 Å². The number of hydrogen-bond donors (Lipinski definition) is 1. The average molecular weight is 521 g/mol. The number of methoxy groups -OCH3 is 1. The monoisotopic (exact) mass is 519 g/mol. The van der Waals surface area contributed by atoms with Crippen LogP contribution in [0.4, 0.5) is 5.69 Å². The second-order valence-electron chi connectivity index (χ2n) is 6.36. The summed E-state index contributed by atoms with van der Waals surface area (Å²) in [5, 5.41) is 8.66. The number of anilines is 1. The van der Waals surface area contributed by atoms with Gasteiger partial charge in [-0.25, -0.2) is 8.42 Å². The van der Waals surface area contributed by atoms with Crippen LogP contribution in [0.5, 0.6) is 5.75 Å². The fraction of sp³-hybridized carbons (Fsp3) is 0.0476. The van der Waals surface area contributed by atoms with E-state index in [1.807, 2.05) is 6.07 Å². The summed E-state index contributed by atoms with van der Waals surface area (Å²) in [5.41, 5.74) is 1.40. The zero-order valence-corrected chi connectivity index (χ0v) is 19.2. The van der Waals surface area contributed by atoms with E-state index in [0.717, 1.165) is 4.47 Å². The third kappa shape index (κ3) is 4.58. The number of benzene rings is 3. The summed E-state index contributed by atoms with van der Waals surface area (Å²) in [4.78, 5) is 0.0817. The Morgan fingerprint density at radius 3 is 2.35 bits per heavy atom. The topological polar surface area (TPSA) is 94.3 Å². The fourth-order valence-corrected chi connectivity index (χ4v) is 4.43. The number of nitrogens with one attached hydrogen (secondary N) is 1. The quantitative estimate of drug-likeness (QED) is 0.354. The predicted octanol–water partition coefficient (Wildman–Crippen LogP) is 5.63. The summed E-state index contributed by atoms with van der Waals surface area (Å²) >= 11 is 9.32. The Labute approximate surface area is 192 Å². The lowest BCUT2D eigenvalue weighted by Crippen LogP contribution is -2.13. The highest BCUT2D eigenvalue weighted by molar-refractivity contribution is 9.10. The van der Waals surface area contributed by atoms with Crippen molar-refractivity contribution in [3.05, 3.63) is 76.2 Å². The Kier molecular flexibility index (Phi) is 5.99. The summed E-state index contributed by atoms with van der Waals surface area (Å²) in [7, 11) is -2.28. The van der Waals surface area contributed by atoms with Gasteiger partial charge in [0.05, 0.1) is 28.8 Å². The molecule has 158 valence electrons. The van der Waals surface area contributed by atoms with Crippen LogP contribution in [0.2, 0.25) is 5.02 Å². The molecule has 10 heteroatoms. The number of hydrogen-bond acceptors (Lipinski definition) is 6. The zero-order chi connectivity index (χ0) is 22.0. The van der Waals surface area contributed by atoms with Crippen molar-refractivity contribution in [2.75, 3.05) is 11.8 Å². The highest BCUT2D eigenvalue weighted by Gasteiger charge is 2.20. The molecular formula is C21H15BrClN3O4S. The van der Waals surface area contributed by atoms with Crippen LogP contribution in [-0.2, 0) is 10.0 Å². The molecule has 31 heavy (non-hydrogen) atoms. The van der Waals surface area contributed by atoms with Gasteiger partial charge in [-0.3, -0.25) is 4.72 Å². The molecular weight excluding hydrogens is 506 g/mol. The molecule has 0 saturated heterocycles. The third-order valence-corrected chi connectivity index (χ3v) is 6.68. The van der Waals surface area contributed by atoms with Gasteiger partial charge >= 0.3 is 0 Å². The minimum Gasteiger partial charge on any atom is -0.497 e. The summed E-state index contributed by atoms with van der Waals surface area (Å²) in [6.07, 6.45) is 0. The molecule has 0 fully saturated rings. The number of sulfonamides is 1. The molecule has 0 radical (unpaired) electrons. The SMILES string of the molecule is COc1ccc(Br)c(-c2nnc(-c3ccccc3NS(=O)(=O)c3ccc(Cl)cc3)o2)c1. The van der Waals surface area contributed by atoms with E-state index in [-0.39, 0.29) is 16.7 Å². The molecule has 3 aromatic carbocycles. The Hall–Kier alpha value is -2.88. The second kappa shape index (κ2) is 8.70. The molecule has 0 amide bonds. The van der Waals surface area contributed by atoms with Crippen molar-refractivity contribution in [3.63, 3.8) is 0 Å². The molecule has 0 aliphatic heterocycles. The van der Waals surface area contributed by atoms with Crippen molar-refractivity contribution in [1.29, 1.82) is 0 Å². The van der Waals surface area contributed by atoms with Crippen LogP contribution >= 0.6 is 27.5 Å². The van der Waals surface area contributed by atoms with E-state index < -0.39 is 10.0 Å². The van der Waals surface area contributed by atoms with Crippen LogP contribution in [-0.4, -0.2) is 25.7 Å². The second-order valence-corrected chi connectivity index (χ2v) is 9.34. The number of aromatic nitrogens is 2. The van der Waals surface area contributed by atoms with E-state index in [2.05, 4.69) is 30.8 Å². The molecule has 7 nitrogen and oxygen atoms in total. The summed E-state index contributed by atoms with van der Waals surface area (Å²) in [5.74, 6) is 1.06. The van der Waals surface area contributed by atoms with Crippen molar-refractivity contribution in [3.8, 4) is 28.7 Å². The highest BCUT2D eigenvalue weighted by Crippen LogP contribution is 2.34. The molecule has 4 aromatic rings. The smallest absolute Gasteiger partial charge is 0.261 e. The largest absolute Gasteiger partial charge is 0.497 e. The highest BCUT2D eigenvalue weighted by atomic mass is 79.9. The van der Waals surface area contributed by atoms with E-state index in [4.69, 9.17) is 20.8 Å². The van der Waals surface area contributed by atoms with E-state index in [1.165, 1.54) is 24.3 Å². The molecule has 0 unspecified atom stereocenters. The number of para-hydroxylation sites is 1. The molecule has 0 aliphatic carbocycles. The minimum absolute atomic E-state index is 0.0817. The number of ether oxygens (including phenoxy) is 1. The summed E-state index contributed by atoms with van der Waals surface area (Å²) in [6, 6.07) is 18.0. The normalized spacial score (nSPS) is 11.3. The van der Waals surface area contributed by atoms with Crippen LogP contribution in [0.25, 0.3) is 22.9 Å². The lowest BCUT2D eigenvalue weighted by atomic mass is 10.2. The first-order chi connectivity index (χ1) is 14.9. The Bertz CT molecular complexity index is 1340. The molecule has 0 atom stereocenters. The molecule has 0 saturated carbocycles. The first-order valence-electron chi connectivity index (χ1n) is 8.92. The Morgan fingerprint density at radius 2 is 1.65 bits per heavy atom. The van der Waals surface area contributed by atoms with Crippen molar-refractivity contribution in [2.24, 2.45) is 0 Å². The van der Waals surface area contributed by atoms with E-state index in [9.17, 15) is 8.42 Å².